The lowest BCUT2D eigenvalue weighted by atomic mass is 10.2. The van der Waals surface area contributed by atoms with Gasteiger partial charge in [0.2, 0.25) is 0 Å². The first-order valence-electron chi connectivity index (χ1n) is 8.26. The first kappa shape index (κ1) is 17.1. The van der Waals surface area contributed by atoms with E-state index < -0.39 is 0 Å². The van der Waals surface area contributed by atoms with Gasteiger partial charge in [-0.25, -0.2) is 4.98 Å². The molecule has 0 saturated heterocycles. The lowest BCUT2D eigenvalue weighted by molar-refractivity contribution is 0.415. The van der Waals surface area contributed by atoms with Gasteiger partial charge in [0.1, 0.15) is 22.0 Å². The Morgan fingerprint density at radius 1 is 1.19 bits per heavy atom. The summed E-state index contributed by atoms with van der Waals surface area (Å²) in [6, 6.07) is 14.5. The van der Waals surface area contributed by atoms with Crippen molar-refractivity contribution in [2.75, 3.05) is 18.2 Å². The number of ether oxygens (including phenoxy) is 1. The second kappa shape index (κ2) is 6.77. The number of hydrogen-bond acceptors (Lipinski definition) is 7. The van der Waals surface area contributed by atoms with Crippen LogP contribution in [0.5, 0.6) is 5.75 Å². The number of para-hydroxylation sites is 1. The SMILES string of the molecule is COc1ccc2oc(-c3sc(Nc4ccccc4C)nc3N)cc(=O)c2c1. The topological polar surface area (TPSA) is 90.4 Å². The minimum absolute atomic E-state index is 0.161. The molecule has 27 heavy (non-hydrogen) atoms. The van der Waals surface area contributed by atoms with Gasteiger partial charge in [0.25, 0.3) is 0 Å². The molecule has 2 heterocycles. The normalized spacial score (nSPS) is 10.9. The molecule has 0 amide bonds. The number of nitrogens with two attached hydrogens (primary N) is 1. The Morgan fingerprint density at radius 2 is 2.00 bits per heavy atom. The van der Waals surface area contributed by atoms with Crippen molar-refractivity contribution in [1.29, 1.82) is 0 Å². The Morgan fingerprint density at radius 3 is 2.78 bits per heavy atom. The Bertz CT molecular complexity index is 1200. The fraction of sp³-hybridized carbons (Fsp3) is 0.100. The molecule has 4 rings (SSSR count). The number of fused-ring (bicyclic) bond motifs is 1. The minimum atomic E-state index is -0.161. The van der Waals surface area contributed by atoms with Gasteiger partial charge >= 0.3 is 0 Å². The summed E-state index contributed by atoms with van der Waals surface area (Å²) in [6.07, 6.45) is 0. The number of nitrogens with zero attached hydrogens (tertiary/aromatic N) is 1. The first-order chi connectivity index (χ1) is 13.0. The van der Waals surface area contributed by atoms with E-state index in [1.807, 2.05) is 31.2 Å². The van der Waals surface area contributed by atoms with E-state index in [0.717, 1.165) is 11.3 Å². The maximum atomic E-state index is 12.5. The van der Waals surface area contributed by atoms with Gasteiger partial charge in [-0.15, -0.1) is 0 Å². The standard InChI is InChI=1S/C20H17N3O3S/c1-11-5-3-4-6-14(11)22-20-23-19(21)18(27-20)17-10-15(24)13-9-12(25-2)7-8-16(13)26-17/h3-10H,21H2,1-2H3,(H,22,23). The molecule has 2 aromatic carbocycles. The van der Waals surface area contributed by atoms with Crippen LogP contribution in [0.1, 0.15) is 5.56 Å². The third-order valence-corrected chi connectivity index (χ3v) is 5.20. The van der Waals surface area contributed by atoms with Gasteiger partial charge in [0.15, 0.2) is 16.3 Å². The zero-order valence-electron chi connectivity index (χ0n) is 14.8. The van der Waals surface area contributed by atoms with Crippen molar-refractivity contribution in [2.45, 2.75) is 6.92 Å². The minimum Gasteiger partial charge on any atom is -0.497 e. The average molecular weight is 379 g/mol. The van der Waals surface area contributed by atoms with Crippen molar-refractivity contribution < 1.29 is 9.15 Å². The number of benzene rings is 2. The van der Waals surface area contributed by atoms with Gasteiger partial charge in [-0.2, -0.15) is 0 Å². The van der Waals surface area contributed by atoms with Gasteiger partial charge in [-0.3, -0.25) is 4.79 Å². The average Bonchev–Trinajstić information content (AvgIpc) is 3.03. The molecule has 0 aliphatic carbocycles. The quantitative estimate of drug-likeness (QED) is 0.540. The van der Waals surface area contributed by atoms with Crippen molar-refractivity contribution in [3.63, 3.8) is 0 Å². The molecule has 0 aliphatic rings. The van der Waals surface area contributed by atoms with Crippen molar-refractivity contribution >= 4 is 38.9 Å². The van der Waals surface area contributed by atoms with E-state index in [-0.39, 0.29) is 5.43 Å². The molecule has 7 heteroatoms. The Kier molecular flexibility index (Phi) is 4.29. The summed E-state index contributed by atoms with van der Waals surface area (Å²) in [5, 5.41) is 4.35. The van der Waals surface area contributed by atoms with Crippen LogP contribution >= 0.6 is 11.3 Å². The molecule has 0 unspecified atom stereocenters. The van der Waals surface area contributed by atoms with Gasteiger partial charge in [0, 0.05) is 11.8 Å². The largest absolute Gasteiger partial charge is 0.497 e. The number of aromatic nitrogens is 1. The summed E-state index contributed by atoms with van der Waals surface area (Å²) in [6.45, 7) is 2.01. The second-order valence-electron chi connectivity index (χ2n) is 6.01. The third kappa shape index (κ3) is 3.24. The predicted octanol–water partition coefficient (Wildman–Crippen LogP) is 4.56. The third-order valence-electron chi connectivity index (χ3n) is 4.20. The number of hydrogen-bond donors (Lipinski definition) is 2. The zero-order valence-corrected chi connectivity index (χ0v) is 15.6. The monoisotopic (exact) mass is 379 g/mol. The summed E-state index contributed by atoms with van der Waals surface area (Å²) in [5.74, 6) is 1.31. The number of nitrogen functional groups attached to an aromatic ring is 1. The van der Waals surface area contributed by atoms with Crippen molar-refractivity contribution in [2.24, 2.45) is 0 Å². The molecular weight excluding hydrogens is 362 g/mol. The maximum absolute atomic E-state index is 12.5. The molecule has 0 aliphatic heterocycles. The van der Waals surface area contributed by atoms with E-state index in [1.54, 1.807) is 25.3 Å². The van der Waals surface area contributed by atoms with Crippen molar-refractivity contribution in [3.8, 4) is 16.4 Å². The van der Waals surface area contributed by atoms with E-state index >= 15 is 0 Å². The summed E-state index contributed by atoms with van der Waals surface area (Å²) in [4.78, 5) is 17.5. The van der Waals surface area contributed by atoms with Crippen LogP contribution in [0.15, 0.2) is 57.7 Å². The molecule has 3 N–H and O–H groups in total. The van der Waals surface area contributed by atoms with E-state index in [1.165, 1.54) is 17.4 Å². The van der Waals surface area contributed by atoms with E-state index in [4.69, 9.17) is 14.9 Å². The zero-order chi connectivity index (χ0) is 19.0. The van der Waals surface area contributed by atoms with Gasteiger partial charge in [0.05, 0.1) is 12.5 Å². The number of methoxy groups -OCH3 is 1. The Hall–Kier alpha value is -3.32. The maximum Gasteiger partial charge on any atom is 0.193 e. The lowest BCUT2D eigenvalue weighted by Crippen LogP contribution is -2.01. The number of rotatable bonds is 4. The van der Waals surface area contributed by atoms with Gasteiger partial charge < -0.3 is 20.2 Å². The van der Waals surface area contributed by atoms with Crippen molar-refractivity contribution in [3.05, 3.63) is 64.3 Å². The molecule has 0 bridgehead atoms. The fourth-order valence-corrected chi connectivity index (χ4v) is 3.61. The number of anilines is 3. The van der Waals surface area contributed by atoms with Crippen LogP contribution in [0, 0.1) is 6.92 Å². The van der Waals surface area contributed by atoms with Crippen LogP contribution < -0.4 is 21.2 Å². The van der Waals surface area contributed by atoms with Crippen LogP contribution in [0.25, 0.3) is 21.6 Å². The highest BCUT2D eigenvalue weighted by Crippen LogP contribution is 2.37. The highest BCUT2D eigenvalue weighted by molar-refractivity contribution is 7.19. The Labute approximate surface area is 159 Å². The van der Waals surface area contributed by atoms with Gasteiger partial charge in [-0.1, -0.05) is 29.5 Å². The van der Waals surface area contributed by atoms with Crippen molar-refractivity contribution in [1.82, 2.24) is 4.98 Å². The Balaban J connectivity index is 1.74. The molecule has 0 spiro atoms. The number of thiazole rings is 1. The fourth-order valence-electron chi connectivity index (χ4n) is 2.76. The molecule has 0 saturated carbocycles. The molecular formula is C20H17N3O3S. The summed E-state index contributed by atoms with van der Waals surface area (Å²) in [5.41, 5.74) is 8.44. The van der Waals surface area contributed by atoms with E-state index in [0.29, 0.717) is 38.3 Å². The van der Waals surface area contributed by atoms with Crippen LogP contribution in [0.4, 0.5) is 16.6 Å². The van der Waals surface area contributed by atoms with Gasteiger partial charge in [-0.05, 0) is 36.8 Å². The smallest absolute Gasteiger partial charge is 0.193 e. The van der Waals surface area contributed by atoms with Crippen LogP contribution in [-0.4, -0.2) is 12.1 Å². The lowest BCUT2D eigenvalue weighted by Gasteiger charge is -2.05. The number of aryl methyl sites for hydroxylation is 1. The molecule has 4 aromatic rings. The number of nitrogens with one attached hydrogen (secondary N) is 1. The summed E-state index contributed by atoms with van der Waals surface area (Å²) < 4.78 is 11.1. The molecule has 0 radical (unpaired) electrons. The highest BCUT2D eigenvalue weighted by Gasteiger charge is 2.16. The molecule has 0 atom stereocenters. The molecule has 0 fully saturated rings. The molecule has 6 nitrogen and oxygen atoms in total. The van der Waals surface area contributed by atoms with Crippen LogP contribution in [0.3, 0.4) is 0 Å². The highest BCUT2D eigenvalue weighted by atomic mass is 32.1. The summed E-state index contributed by atoms with van der Waals surface area (Å²) in [7, 11) is 1.55. The predicted molar refractivity (Wildman–Crippen MR) is 109 cm³/mol. The van der Waals surface area contributed by atoms with E-state index in [9.17, 15) is 4.79 Å². The molecule has 2 aromatic heterocycles. The van der Waals surface area contributed by atoms with E-state index in [2.05, 4.69) is 10.3 Å². The van der Waals surface area contributed by atoms with Crippen LogP contribution in [-0.2, 0) is 0 Å². The second-order valence-corrected chi connectivity index (χ2v) is 7.01. The summed E-state index contributed by atoms with van der Waals surface area (Å²) >= 11 is 1.34. The first-order valence-corrected chi connectivity index (χ1v) is 9.08. The van der Waals surface area contributed by atoms with Crippen LogP contribution in [0.2, 0.25) is 0 Å². The molecule has 136 valence electrons.